The first kappa shape index (κ1) is 12.8. The fourth-order valence-corrected chi connectivity index (χ4v) is 1.56. The Hall–Kier alpha value is -1.29. The molecule has 0 aliphatic heterocycles. The van der Waals surface area contributed by atoms with Gasteiger partial charge in [0.15, 0.2) is 0 Å². The number of aromatic carboxylic acids is 1. The van der Waals surface area contributed by atoms with Crippen LogP contribution in [0, 0.1) is 5.92 Å². The molecule has 0 spiro atoms. The fourth-order valence-electron chi connectivity index (χ4n) is 1.56. The summed E-state index contributed by atoms with van der Waals surface area (Å²) in [5, 5.41) is 11.9. The number of rotatable bonds is 7. The van der Waals surface area contributed by atoms with Gasteiger partial charge in [0.2, 0.25) is 5.76 Å². The minimum absolute atomic E-state index is 0.000618. The van der Waals surface area contributed by atoms with Gasteiger partial charge in [0.05, 0.1) is 6.54 Å². The van der Waals surface area contributed by atoms with Crippen molar-refractivity contribution in [2.75, 3.05) is 6.54 Å². The Balaban J connectivity index is 2.34. The zero-order chi connectivity index (χ0) is 12.0. The Kier molecular flexibility index (Phi) is 5.05. The molecule has 4 heteroatoms. The van der Waals surface area contributed by atoms with Gasteiger partial charge in [-0.25, -0.2) is 4.79 Å². The van der Waals surface area contributed by atoms with Gasteiger partial charge in [0.25, 0.3) is 0 Å². The van der Waals surface area contributed by atoms with E-state index in [1.807, 2.05) is 0 Å². The fraction of sp³-hybridized carbons (Fsp3) is 0.583. The van der Waals surface area contributed by atoms with Crippen LogP contribution in [-0.4, -0.2) is 17.6 Å². The molecule has 2 N–H and O–H groups in total. The molecular weight excluding hydrogens is 206 g/mol. The van der Waals surface area contributed by atoms with Crippen molar-refractivity contribution >= 4 is 5.97 Å². The summed E-state index contributed by atoms with van der Waals surface area (Å²) in [4.78, 5) is 10.6. The highest BCUT2D eigenvalue weighted by Gasteiger charge is 2.09. The number of nitrogens with one attached hydrogen (secondary N) is 1. The Morgan fingerprint density at radius 2 is 2.12 bits per heavy atom. The lowest BCUT2D eigenvalue weighted by Crippen LogP contribution is -2.21. The van der Waals surface area contributed by atoms with E-state index in [1.165, 1.54) is 6.07 Å². The topological polar surface area (TPSA) is 62.5 Å². The Labute approximate surface area is 95.7 Å². The van der Waals surface area contributed by atoms with Crippen LogP contribution in [0.3, 0.4) is 0 Å². The SMILES string of the molecule is CCC(CC)CNCc1ccc(C(=O)O)o1. The third-order valence-corrected chi connectivity index (χ3v) is 2.76. The van der Waals surface area contributed by atoms with Crippen molar-refractivity contribution in [2.24, 2.45) is 5.92 Å². The summed E-state index contributed by atoms with van der Waals surface area (Å²) in [5.41, 5.74) is 0. The zero-order valence-corrected chi connectivity index (χ0v) is 9.82. The van der Waals surface area contributed by atoms with E-state index >= 15 is 0 Å². The van der Waals surface area contributed by atoms with Gasteiger partial charge in [-0.05, 0) is 24.6 Å². The molecule has 1 heterocycles. The Morgan fingerprint density at radius 1 is 1.44 bits per heavy atom. The zero-order valence-electron chi connectivity index (χ0n) is 9.82. The minimum atomic E-state index is -1.02. The standard InChI is InChI=1S/C12H19NO3/c1-3-9(4-2)7-13-8-10-5-6-11(16-10)12(14)15/h5-6,9,13H,3-4,7-8H2,1-2H3,(H,14,15). The highest BCUT2D eigenvalue weighted by Crippen LogP contribution is 2.09. The van der Waals surface area contributed by atoms with Crippen LogP contribution < -0.4 is 5.32 Å². The Bertz CT molecular complexity index is 329. The van der Waals surface area contributed by atoms with Crippen molar-refractivity contribution in [3.05, 3.63) is 23.7 Å². The smallest absolute Gasteiger partial charge is 0.371 e. The van der Waals surface area contributed by atoms with E-state index in [0.29, 0.717) is 18.2 Å². The first-order valence-corrected chi connectivity index (χ1v) is 5.70. The summed E-state index contributed by atoms with van der Waals surface area (Å²) in [5.74, 6) is 0.322. The van der Waals surface area contributed by atoms with E-state index in [9.17, 15) is 4.79 Å². The molecule has 0 aliphatic carbocycles. The van der Waals surface area contributed by atoms with Crippen molar-refractivity contribution in [3.63, 3.8) is 0 Å². The number of hydrogen-bond donors (Lipinski definition) is 2. The summed E-state index contributed by atoms with van der Waals surface area (Å²) in [6.07, 6.45) is 2.31. The molecule has 16 heavy (non-hydrogen) atoms. The normalized spacial score (nSPS) is 10.9. The van der Waals surface area contributed by atoms with Gasteiger partial charge in [0, 0.05) is 0 Å². The second-order valence-corrected chi connectivity index (χ2v) is 3.88. The molecule has 0 atom stereocenters. The van der Waals surface area contributed by atoms with Crippen LogP contribution in [0.2, 0.25) is 0 Å². The second-order valence-electron chi connectivity index (χ2n) is 3.88. The number of hydrogen-bond acceptors (Lipinski definition) is 3. The predicted molar refractivity (Wildman–Crippen MR) is 61.4 cm³/mol. The monoisotopic (exact) mass is 225 g/mol. The van der Waals surface area contributed by atoms with E-state index in [2.05, 4.69) is 19.2 Å². The molecular formula is C12H19NO3. The molecule has 4 nitrogen and oxygen atoms in total. The molecule has 0 unspecified atom stereocenters. The molecule has 90 valence electrons. The molecule has 0 saturated heterocycles. The first-order chi connectivity index (χ1) is 7.67. The quantitative estimate of drug-likeness (QED) is 0.748. The average molecular weight is 225 g/mol. The van der Waals surface area contributed by atoms with Gasteiger partial charge in [-0.15, -0.1) is 0 Å². The largest absolute Gasteiger partial charge is 0.475 e. The van der Waals surface area contributed by atoms with E-state index in [0.717, 1.165) is 19.4 Å². The summed E-state index contributed by atoms with van der Waals surface area (Å²) < 4.78 is 5.13. The molecule has 0 amide bonds. The third-order valence-electron chi connectivity index (χ3n) is 2.76. The van der Waals surface area contributed by atoms with Crippen LogP contribution in [0.15, 0.2) is 16.5 Å². The maximum absolute atomic E-state index is 10.6. The number of carboxylic acids is 1. The molecule has 1 aromatic rings. The van der Waals surface area contributed by atoms with Crippen molar-refractivity contribution < 1.29 is 14.3 Å². The first-order valence-electron chi connectivity index (χ1n) is 5.70. The maximum atomic E-state index is 10.6. The van der Waals surface area contributed by atoms with Gasteiger partial charge in [-0.2, -0.15) is 0 Å². The third kappa shape index (κ3) is 3.70. The van der Waals surface area contributed by atoms with Crippen LogP contribution in [0.4, 0.5) is 0 Å². The van der Waals surface area contributed by atoms with Crippen LogP contribution in [0.5, 0.6) is 0 Å². The number of carbonyl (C=O) groups is 1. The highest BCUT2D eigenvalue weighted by molar-refractivity contribution is 5.84. The molecule has 1 aromatic heterocycles. The molecule has 0 radical (unpaired) electrons. The summed E-state index contributed by atoms with van der Waals surface area (Å²) in [6.45, 7) is 5.87. The van der Waals surface area contributed by atoms with Gasteiger partial charge in [0.1, 0.15) is 5.76 Å². The predicted octanol–water partition coefficient (Wildman–Crippen LogP) is 2.50. The lowest BCUT2D eigenvalue weighted by molar-refractivity contribution is 0.0660. The van der Waals surface area contributed by atoms with Crippen molar-refractivity contribution in [1.82, 2.24) is 5.32 Å². The van der Waals surface area contributed by atoms with Gasteiger partial charge in [-0.1, -0.05) is 26.7 Å². The van der Waals surface area contributed by atoms with Crippen LogP contribution in [0.25, 0.3) is 0 Å². The van der Waals surface area contributed by atoms with Gasteiger partial charge >= 0.3 is 5.97 Å². The van der Waals surface area contributed by atoms with E-state index < -0.39 is 5.97 Å². The molecule has 0 saturated carbocycles. The van der Waals surface area contributed by atoms with Crippen LogP contribution >= 0.6 is 0 Å². The van der Waals surface area contributed by atoms with E-state index in [1.54, 1.807) is 6.07 Å². The number of carboxylic acid groups (broad SMARTS) is 1. The van der Waals surface area contributed by atoms with Gasteiger partial charge in [-0.3, -0.25) is 0 Å². The highest BCUT2D eigenvalue weighted by atomic mass is 16.4. The van der Waals surface area contributed by atoms with Crippen molar-refractivity contribution in [1.29, 1.82) is 0 Å². The summed E-state index contributed by atoms with van der Waals surface area (Å²) in [6, 6.07) is 3.18. The Morgan fingerprint density at radius 3 is 2.62 bits per heavy atom. The second kappa shape index (κ2) is 6.33. The van der Waals surface area contributed by atoms with Crippen LogP contribution in [-0.2, 0) is 6.54 Å². The van der Waals surface area contributed by atoms with Gasteiger partial charge < -0.3 is 14.8 Å². The van der Waals surface area contributed by atoms with Crippen molar-refractivity contribution in [3.8, 4) is 0 Å². The summed E-state index contributed by atoms with van der Waals surface area (Å²) in [7, 11) is 0. The van der Waals surface area contributed by atoms with E-state index in [4.69, 9.17) is 9.52 Å². The van der Waals surface area contributed by atoms with Crippen LogP contribution in [0.1, 0.15) is 43.0 Å². The number of furan rings is 1. The lowest BCUT2D eigenvalue weighted by atomic mass is 10.0. The summed E-state index contributed by atoms with van der Waals surface area (Å²) >= 11 is 0. The molecule has 1 rings (SSSR count). The minimum Gasteiger partial charge on any atom is -0.475 e. The molecule has 0 bridgehead atoms. The van der Waals surface area contributed by atoms with E-state index in [-0.39, 0.29) is 5.76 Å². The van der Waals surface area contributed by atoms with Crippen molar-refractivity contribution in [2.45, 2.75) is 33.2 Å². The maximum Gasteiger partial charge on any atom is 0.371 e. The lowest BCUT2D eigenvalue weighted by Gasteiger charge is -2.12. The molecule has 0 fully saturated rings. The molecule has 0 aromatic carbocycles. The molecule has 0 aliphatic rings. The average Bonchev–Trinajstić information content (AvgIpc) is 2.73.